The van der Waals surface area contributed by atoms with E-state index in [2.05, 4.69) is 5.32 Å². The first-order chi connectivity index (χ1) is 16.4. The van der Waals surface area contributed by atoms with Gasteiger partial charge >= 0.3 is 5.97 Å². The highest BCUT2D eigenvalue weighted by molar-refractivity contribution is 6.04. The number of rotatable bonds is 7. The van der Waals surface area contributed by atoms with Gasteiger partial charge in [0.05, 0.1) is 19.3 Å². The fraction of sp³-hybridized carbons (Fsp3) is 0.357. The van der Waals surface area contributed by atoms with Crippen molar-refractivity contribution in [1.29, 1.82) is 0 Å². The first-order valence-corrected chi connectivity index (χ1v) is 11.5. The third kappa shape index (κ3) is 4.77. The van der Waals surface area contributed by atoms with E-state index >= 15 is 0 Å². The van der Waals surface area contributed by atoms with E-state index in [9.17, 15) is 9.59 Å². The molecule has 2 atom stereocenters. The molecule has 2 aromatic rings. The normalized spacial score (nSPS) is 20.1. The van der Waals surface area contributed by atoms with Gasteiger partial charge in [0, 0.05) is 36.4 Å². The molecule has 0 saturated carbocycles. The Balaban J connectivity index is 1.72. The minimum atomic E-state index is -0.462. The van der Waals surface area contributed by atoms with Crippen LogP contribution in [0.4, 0.5) is 0 Å². The van der Waals surface area contributed by atoms with Gasteiger partial charge in [-0.1, -0.05) is 42.0 Å². The van der Waals surface area contributed by atoms with Gasteiger partial charge in [0.15, 0.2) is 5.78 Å². The molecule has 2 aromatic carbocycles. The van der Waals surface area contributed by atoms with Crippen LogP contribution in [0.2, 0.25) is 0 Å². The number of nitrogens with one attached hydrogen (secondary N) is 1. The van der Waals surface area contributed by atoms with Crippen molar-refractivity contribution in [1.82, 2.24) is 5.32 Å². The zero-order valence-corrected chi connectivity index (χ0v) is 20.1. The third-order valence-electron chi connectivity index (χ3n) is 6.57. The van der Waals surface area contributed by atoms with E-state index in [1.54, 1.807) is 14.2 Å². The number of carbonyl (C=O) groups is 2. The lowest BCUT2D eigenvalue weighted by Gasteiger charge is -2.36. The summed E-state index contributed by atoms with van der Waals surface area (Å²) in [4.78, 5) is 26.7. The Morgan fingerprint density at radius 1 is 0.941 bits per heavy atom. The Morgan fingerprint density at radius 3 is 2.26 bits per heavy atom. The predicted octanol–water partition coefficient (Wildman–Crippen LogP) is 4.55. The molecule has 1 heterocycles. The number of dihydropyridines is 1. The minimum absolute atomic E-state index is 0.0508. The van der Waals surface area contributed by atoms with Gasteiger partial charge in [0.25, 0.3) is 0 Å². The van der Waals surface area contributed by atoms with Gasteiger partial charge in [-0.15, -0.1) is 0 Å². The van der Waals surface area contributed by atoms with Gasteiger partial charge in [0.2, 0.25) is 0 Å². The van der Waals surface area contributed by atoms with Crippen molar-refractivity contribution in [3.8, 4) is 5.75 Å². The lowest BCUT2D eigenvalue weighted by atomic mass is 9.71. The van der Waals surface area contributed by atoms with E-state index in [0.717, 1.165) is 33.8 Å². The molecular weight excluding hydrogens is 430 g/mol. The van der Waals surface area contributed by atoms with Crippen molar-refractivity contribution < 1.29 is 23.8 Å². The summed E-state index contributed by atoms with van der Waals surface area (Å²) >= 11 is 0. The Labute approximate surface area is 200 Å². The molecule has 1 aliphatic heterocycles. The number of Topliss-reactive ketones (excluding diaryl/α,β-unsaturated/α-hetero) is 1. The minimum Gasteiger partial charge on any atom is -0.497 e. The van der Waals surface area contributed by atoms with E-state index in [1.807, 2.05) is 62.4 Å². The summed E-state index contributed by atoms with van der Waals surface area (Å²) in [6, 6.07) is 15.9. The first-order valence-electron chi connectivity index (χ1n) is 11.5. The molecule has 0 radical (unpaired) electrons. The SMILES string of the molecule is COCCOC(=O)C1=C(C)NC2=C(C(=O)CC(c3ccc(OC)cc3)C2)C1c1ccc(C)cc1. The third-order valence-corrected chi connectivity index (χ3v) is 6.57. The number of esters is 1. The topological polar surface area (TPSA) is 73.9 Å². The number of carbonyl (C=O) groups excluding carboxylic acids is 2. The van der Waals surface area contributed by atoms with Crippen LogP contribution < -0.4 is 10.1 Å². The van der Waals surface area contributed by atoms with Crippen LogP contribution in [-0.4, -0.2) is 39.2 Å². The van der Waals surface area contributed by atoms with Crippen LogP contribution in [0.1, 0.15) is 48.3 Å². The van der Waals surface area contributed by atoms with E-state index in [-0.39, 0.29) is 18.3 Å². The number of methoxy groups -OCH3 is 2. The van der Waals surface area contributed by atoms with Gasteiger partial charge in [-0.05, 0) is 49.4 Å². The van der Waals surface area contributed by atoms with Crippen molar-refractivity contribution in [2.75, 3.05) is 27.4 Å². The maximum Gasteiger partial charge on any atom is 0.336 e. The van der Waals surface area contributed by atoms with Crippen molar-refractivity contribution in [2.45, 2.75) is 38.5 Å². The highest BCUT2D eigenvalue weighted by Gasteiger charge is 2.41. The summed E-state index contributed by atoms with van der Waals surface area (Å²) in [6.07, 6.45) is 1.08. The number of benzene rings is 2. The van der Waals surface area contributed by atoms with Gasteiger partial charge in [-0.25, -0.2) is 4.79 Å². The highest BCUT2D eigenvalue weighted by Crippen LogP contribution is 2.45. The maximum absolute atomic E-state index is 13.6. The lowest BCUT2D eigenvalue weighted by molar-refractivity contribution is -0.140. The Kier molecular flexibility index (Phi) is 7.17. The molecule has 0 saturated heterocycles. The fourth-order valence-electron chi connectivity index (χ4n) is 4.81. The molecule has 0 spiro atoms. The summed E-state index contributed by atoms with van der Waals surface area (Å²) in [7, 11) is 3.20. The van der Waals surface area contributed by atoms with Crippen molar-refractivity contribution in [3.63, 3.8) is 0 Å². The number of hydrogen-bond acceptors (Lipinski definition) is 6. The van der Waals surface area contributed by atoms with Gasteiger partial charge < -0.3 is 19.5 Å². The van der Waals surface area contributed by atoms with Crippen molar-refractivity contribution >= 4 is 11.8 Å². The second-order valence-electron chi connectivity index (χ2n) is 8.83. The van der Waals surface area contributed by atoms with E-state index in [0.29, 0.717) is 30.6 Å². The Bertz CT molecular complexity index is 1130. The summed E-state index contributed by atoms with van der Waals surface area (Å²) < 4.78 is 15.8. The van der Waals surface area contributed by atoms with E-state index in [1.165, 1.54) is 0 Å². The summed E-state index contributed by atoms with van der Waals surface area (Å²) in [5.74, 6) is 0.0121. The number of ketones is 1. The van der Waals surface area contributed by atoms with Crippen LogP contribution in [-0.2, 0) is 19.1 Å². The first kappa shape index (κ1) is 23.8. The predicted molar refractivity (Wildman–Crippen MR) is 130 cm³/mol. The highest BCUT2D eigenvalue weighted by atomic mass is 16.6. The number of ether oxygens (including phenoxy) is 3. The second kappa shape index (κ2) is 10.3. The maximum atomic E-state index is 13.6. The lowest BCUT2D eigenvalue weighted by Crippen LogP contribution is -2.36. The van der Waals surface area contributed by atoms with Crippen LogP contribution in [0.15, 0.2) is 71.1 Å². The summed E-state index contributed by atoms with van der Waals surface area (Å²) in [6.45, 7) is 4.37. The summed E-state index contributed by atoms with van der Waals surface area (Å²) in [5, 5.41) is 3.39. The second-order valence-corrected chi connectivity index (χ2v) is 8.83. The molecule has 2 unspecified atom stereocenters. The molecule has 0 amide bonds. The van der Waals surface area contributed by atoms with Crippen LogP contribution in [0.3, 0.4) is 0 Å². The monoisotopic (exact) mass is 461 g/mol. The smallest absolute Gasteiger partial charge is 0.336 e. The quantitative estimate of drug-likeness (QED) is 0.482. The molecule has 178 valence electrons. The molecule has 4 rings (SSSR count). The van der Waals surface area contributed by atoms with Gasteiger partial charge in [-0.2, -0.15) is 0 Å². The van der Waals surface area contributed by atoms with Gasteiger partial charge in [0.1, 0.15) is 12.4 Å². The standard InChI is InChI=1S/C28H31NO5/c1-17-5-7-20(8-6-17)26-25(28(31)34-14-13-32-3)18(2)29-23-15-21(16-24(30)27(23)26)19-9-11-22(33-4)12-10-19/h5-12,21,26,29H,13-16H2,1-4H3. The Hall–Kier alpha value is -3.38. The zero-order chi connectivity index (χ0) is 24.2. The number of allylic oxidation sites excluding steroid dienone is 3. The van der Waals surface area contributed by atoms with Gasteiger partial charge in [-0.3, -0.25) is 4.79 Å². The average Bonchev–Trinajstić information content (AvgIpc) is 2.83. The molecule has 6 nitrogen and oxygen atoms in total. The van der Waals surface area contributed by atoms with E-state index in [4.69, 9.17) is 14.2 Å². The van der Waals surface area contributed by atoms with Crippen LogP contribution in [0, 0.1) is 6.92 Å². The number of aryl methyl sites for hydroxylation is 1. The average molecular weight is 462 g/mol. The molecule has 0 fully saturated rings. The summed E-state index contributed by atoms with van der Waals surface area (Å²) in [5.41, 5.74) is 5.87. The molecule has 0 aromatic heterocycles. The van der Waals surface area contributed by atoms with Crippen LogP contribution in [0.25, 0.3) is 0 Å². The van der Waals surface area contributed by atoms with E-state index < -0.39 is 11.9 Å². The Morgan fingerprint density at radius 2 is 1.62 bits per heavy atom. The van der Waals surface area contributed by atoms with Crippen LogP contribution >= 0.6 is 0 Å². The van der Waals surface area contributed by atoms with Crippen LogP contribution in [0.5, 0.6) is 5.75 Å². The molecule has 1 aliphatic carbocycles. The molecular formula is C28H31NO5. The number of hydrogen-bond donors (Lipinski definition) is 1. The molecule has 0 bridgehead atoms. The zero-order valence-electron chi connectivity index (χ0n) is 20.1. The van der Waals surface area contributed by atoms with Crippen molar-refractivity contribution in [3.05, 3.63) is 87.8 Å². The largest absolute Gasteiger partial charge is 0.497 e. The molecule has 2 aliphatic rings. The van der Waals surface area contributed by atoms with Crippen molar-refractivity contribution in [2.24, 2.45) is 0 Å². The molecule has 34 heavy (non-hydrogen) atoms. The molecule has 1 N–H and O–H groups in total. The fourth-order valence-corrected chi connectivity index (χ4v) is 4.81. The molecule has 6 heteroatoms.